The first-order valence-corrected chi connectivity index (χ1v) is 6.38. The predicted molar refractivity (Wildman–Crippen MR) is 65.9 cm³/mol. The molecule has 0 spiro atoms. The van der Waals surface area contributed by atoms with Gasteiger partial charge in [0.2, 0.25) is 0 Å². The number of alkyl halides is 3. The second-order valence-electron chi connectivity index (χ2n) is 4.57. The van der Waals surface area contributed by atoms with Gasteiger partial charge in [0, 0.05) is 19.6 Å². The monoisotopic (exact) mass is 268 g/mol. The highest BCUT2D eigenvalue weighted by molar-refractivity contribution is 7.80. The zero-order valence-corrected chi connectivity index (χ0v) is 10.8. The zero-order valence-electron chi connectivity index (χ0n) is 10.0. The Morgan fingerprint density at radius 2 is 1.88 bits per heavy atom. The molecule has 0 saturated heterocycles. The molecule has 0 amide bonds. The van der Waals surface area contributed by atoms with Gasteiger partial charge >= 0.3 is 6.18 Å². The van der Waals surface area contributed by atoms with Crippen LogP contribution in [0.25, 0.3) is 0 Å². The van der Waals surface area contributed by atoms with Crippen LogP contribution in [-0.4, -0.2) is 35.8 Å². The van der Waals surface area contributed by atoms with E-state index in [1.54, 1.807) is 7.05 Å². The molecule has 0 radical (unpaired) electrons. The van der Waals surface area contributed by atoms with E-state index in [1.165, 1.54) is 24.2 Å². The van der Waals surface area contributed by atoms with Crippen molar-refractivity contribution in [3.05, 3.63) is 0 Å². The molecule has 100 valence electrons. The lowest BCUT2D eigenvalue weighted by Crippen LogP contribution is -2.44. The van der Waals surface area contributed by atoms with E-state index in [0.29, 0.717) is 11.2 Å². The van der Waals surface area contributed by atoms with Gasteiger partial charge in [-0.3, -0.25) is 0 Å². The molecular weight excluding hydrogens is 249 g/mol. The maximum absolute atomic E-state index is 12.0. The van der Waals surface area contributed by atoms with E-state index in [0.717, 1.165) is 12.8 Å². The van der Waals surface area contributed by atoms with E-state index in [9.17, 15) is 13.2 Å². The molecular formula is C11H19F3N2S. The van der Waals surface area contributed by atoms with Crippen LogP contribution in [0.3, 0.4) is 0 Å². The third-order valence-corrected chi connectivity index (χ3v) is 3.44. The number of hydrogen-bond donors (Lipinski definition) is 1. The summed E-state index contributed by atoms with van der Waals surface area (Å²) in [7, 11) is 1.60. The van der Waals surface area contributed by atoms with Crippen molar-refractivity contribution in [2.45, 2.75) is 50.7 Å². The van der Waals surface area contributed by atoms with Crippen LogP contribution < -0.4 is 5.32 Å². The van der Waals surface area contributed by atoms with Gasteiger partial charge in [0.1, 0.15) is 0 Å². The fraction of sp³-hybridized carbons (Fsp3) is 0.909. The first kappa shape index (κ1) is 14.5. The summed E-state index contributed by atoms with van der Waals surface area (Å²) in [6.45, 7) is -0.0813. The minimum atomic E-state index is -4.12. The molecule has 0 aliphatic heterocycles. The van der Waals surface area contributed by atoms with Crippen LogP contribution in [0, 0.1) is 0 Å². The molecule has 17 heavy (non-hydrogen) atoms. The van der Waals surface area contributed by atoms with Crippen molar-refractivity contribution in [1.29, 1.82) is 0 Å². The largest absolute Gasteiger partial charge is 0.390 e. The summed E-state index contributed by atoms with van der Waals surface area (Å²) >= 11 is 5.09. The zero-order chi connectivity index (χ0) is 12.9. The summed E-state index contributed by atoms with van der Waals surface area (Å²) < 4.78 is 36.1. The molecule has 1 aliphatic carbocycles. The summed E-state index contributed by atoms with van der Waals surface area (Å²) in [5, 5.41) is 3.58. The van der Waals surface area contributed by atoms with Crippen LogP contribution in [0.5, 0.6) is 0 Å². The second kappa shape index (κ2) is 6.42. The summed E-state index contributed by atoms with van der Waals surface area (Å²) in [5.41, 5.74) is 0. The molecule has 1 fully saturated rings. The fourth-order valence-electron chi connectivity index (χ4n) is 1.93. The second-order valence-corrected chi connectivity index (χ2v) is 4.96. The Bertz CT molecular complexity index is 250. The van der Waals surface area contributed by atoms with Gasteiger partial charge in [0.25, 0.3) is 0 Å². The average molecular weight is 268 g/mol. The lowest BCUT2D eigenvalue weighted by Gasteiger charge is -2.28. The quantitative estimate of drug-likeness (QED) is 0.792. The summed E-state index contributed by atoms with van der Waals surface area (Å²) in [6, 6.07) is 0.338. The van der Waals surface area contributed by atoms with Crippen molar-refractivity contribution in [2.75, 3.05) is 13.6 Å². The van der Waals surface area contributed by atoms with E-state index in [-0.39, 0.29) is 6.54 Å². The molecule has 1 aliphatic rings. The first-order chi connectivity index (χ1) is 7.88. The Labute approximate surface area is 106 Å². The fourth-order valence-corrected chi connectivity index (χ4v) is 2.19. The summed E-state index contributed by atoms with van der Waals surface area (Å²) in [6.07, 6.45) is 0.777. The maximum Gasteiger partial charge on any atom is 0.390 e. The smallest absolute Gasteiger partial charge is 0.360 e. The van der Waals surface area contributed by atoms with Crippen molar-refractivity contribution < 1.29 is 13.2 Å². The third-order valence-electron chi connectivity index (χ3n) is 3.01. The predicted octanol–water partition coefficient (Wildman–Crippen LogP) is 3.08. The lowest BCUT2D eigenvalue weighted by molar-refractivity contribution is -0.135. The topological polar surface area (TPSA) is 15.3 Å². The van der Waals surface area contributed by atoms with Crippen molar-refractivity contribution in [1.82, 2.24) is 10.2 Å². The minimum absolute atomic E-state index is 0.0813. The summed E-state index contributed by atoms with van der Waals surface area (Å²) in [4.78, 5) is 1.47. The van der Waals surface area contributed by atoms with Gasteiger partial charge in [-0.05, 0) is 25.1 Å². The minimum Gasteiger partial charge on any atom is -0.360 e. The Morgan fingerprint density at radius 3 is 2.41 bits per heavy atom. The molecule has 0 bridgehead atoms. The van der Waals surface area contributed by atoms with Crippen LogP contribution in [0.1, 0.15) is 38.5 Å². The van der Waals surface area contributed by atoms with E-state index < -0.39 is 12.6 Å². The molecule has 0 aromatic heterocycles. The number of nitrogens with zero attached hydrogens (tertiary/aromatic N) is 1. The van der Waals surface area contributed by atoms with Crippen molar-refractivity contribution in [2.24, 2.45) is 0 Å². The standard InChI is InChI=1S/C11H19F3N2S/c1-16(8-7-11(12,13)14)10(17)15-9-5-3-2-4-6-9/h9H,2-8H2,1H3,(H,15,17). The number of halogens is 3. The van der Waals surface area contributed by atoms with Crippen LogP contribution in [-0.2, 0) is 0 Å². The van der Waals surface area contributed by atoms with Crippen molar-refractivity contribution >= 4 is 17.3 Å². The first-order valence-electron chi connectivity index (χ1n) is 5.97. The lowest BCUT2D eigenvalue weighted by atomic mass is 9.96. The molecule has 0 aromatic carbocycles. The van der Waals surface area contributed by atoms with Crippen LogP contribution in [0.4, 0.5) is 13.2 Å². The van der Waals surface area contributed by atoms with E-state index in [4.69, 9.17) is 12.2 Å². The molecule has 1 rings (SSSR count). The van der Waals surface area contributed by atoms with Gasteiger partial charge < -0.3 is 10.2 Å². The normalized spacial score (nSPS) is 17.9. The van der Waals surface area contributed by atoms with Gasteiger partial charge in [-0.25, -0.2) is 0 Å². The van der Waals surface area contributed by atoms with E-state index >= 15 is 0 Å². The highest BCUT2D eigenvalue weighted by atomic mass is 32.1. The molecule has 1 N–H and O–H groups in total. The number of nitrogens with one attached hydrogen (secondary N) is 1. The third kappa shape index (κ3) is 6.10. The summed E-state index contributed by atoms with van der Waals surface area (Å²) in [5.74, 6) is 0. The molecule has 0 aromatic rings. The molecule has 6 heteroatoms. The molecule has 0 unspecified atom stereocenters. The van der Waals surface area contributed by atoms with Gasteiger partial charge in [0.05, 0.1) is 6.42 Å². The Kier molecular flexibility index (Phi) is 5.49. The Balaban J connectivity index is 2.26. The SMILES string of the molecule is CN(CCC(F)(F)F)C(=S)NC1CCCCC1. The maximum atomic E-state index is 12.0. The van der Waals surface area contributed by atoms with Gasteiger partial charge in [0.15, 0.2) is 5.11 Å². The Morgan fingerprint density at radius 1 is 1.29 bits per heavy atom. The molecule has 0 heterocycles. The van der Waals surface area contributed by atoms with Gasteiger partial charge in [-0.15, -0.1) is 0 Å². The number of hydrogen-bond acceptors (Lipinski definition) is 1. The van der Waals surface area contributed by atoms with Crippen LogP contribution in [0.2, 0.25) is 0 Å². The average Bonchev–Trinajstić information content (AvgIpc) is 2.26. The number of rotatable bonds is 3. The van der Waals surface area contributed by atoms with Crippen LogP contribution >= 0.6 is 12.2 Å². The highest BCUT2D eigenvalue weighted by Crippen LogP contribution is 2.20. The van der Waals surface area contributed by atoms with Crippen molar-refractivity contribution in [3.8, 4) is 0 Å². The molecule has 2 nitrogen and oxygen atoms in total. The molecule has 1 saturated carbocycles. The molecule has 0 atom stereocenters. The highest BCUT2D eigenvalue weighted by Gasteiger charge is 2.27. The van der Waals surface area contributed by atoms with Crippen LogP contribution in [0.15, 0.2) is 0 Å². The number of thiocarbonyl (C=S) groups is 1. The van der Waals surface area contributed by atoms with E-state index in [1.807, 2.05) is 0 Å². The van der Waals surface area contributed by atoms with Gasteiger partial charge in [-0.1, -0.05) is 19.3 Å². The van der Waals surface area contributed by atoms with Gasteiger partial charge in [-0.2, -0.15) is 13.2 Å². The van der Waals surface area contributed by atoms with Crippen molar-refractivity contribution in [3.63, 3.8) is 0 Å². The van der Waals surface area contributed by atoms with E-state index in [2.05, 4.69) is 5.32 Å². The Hall–Kier alpha value is -0.520.